The largest absolute Gasteiger partial charge is 0.292 e. The highest BCUT2D eigenvalue weighted by atomic mass is 16.1. The second-order valence-corrected chi connectivity index (χ2v) is 4.14. The summed E-state index contributed by atoms with van der Waals surface area (Å²) in [6.07, 6.45) is 5.49. The molecule has 0 aliphatic rings. The van der Waals surface area contributed by atoms with E-state index in [2.05, 4.69) is 9.97 Å². The molecular formula is C14H14N2O. The van der Waals surface area contributed by atoms with Crippen LogP contribution in [0.25, 0.3) is 0 Å². The predicted molar refractivity (Wildman–Crippen MR) is 66.0 cm³/mol. The summed E-state index contributed by atoms with van der Waals surface area (Å²) in [7, 11) is 0. The van der Waals surface area contributed by atoms with Crippen LogP contribution in [0, 0.1) is 13.8 Å². The number of aromatic nitrogens is 2. The molecule has 2 aromatic rings. The van der Waals surface area contributed by atoms with Crippen molar-refractivity contribution in [1.29, 1.82) is 0 Å². The molecule has 0 aliphatic carbocycles. The lowest BCUT2D eigenvalue weighted by Gasteiger charge is -2.04. The minimum absolute atomic E-state index is 0.0375. The van der Waals surface area contributed by atoms with Gasteiger partial charge >= 0.3 is 0 Å². The standard InChI is InChI=1S/C14H14N2O/c1-10-6-11(2)14(16-8-10)13(17)7-12-4-3-5-15-9-12/h3-6,8-9H,7H2,1-2H3. The molecule has 3 nitrogen and oxygen atoms in total. The minimum atomic E-state index is 0.0375. The number of pyridine rings is 2. The van der Waals surface area contributed by atoms with Crippen molar-refractivity contribution in [3.8, 4) is 0 Å². The van der Waals surface area contributed by atoms with Crippen LogP contribution >= 0.6 is 0 Å². The minimum Gasteiger partial charge on any atom is -0.292 e. The normalized spacial score (nSPS) is 10.2. The van der Waals surface area contributed by atoms with Crippen molar-refractivity contribution < 1.29 is 4.79 Å². The number of carbonyl (C=O) groups is 1. The van der Waals surface area contributed by atoms with E-state index in [0.717, 1.165) is 16.7 Å². The number of hydrogen-bond acceptors (Lipinski definition) is 3. The summed E-state index contributed by atoms with van der Waals surface area (Å²) in [5.74, 6) is 0.0375. The van der Waals surface area contributed by atoms with Gasteiger partial charge in [-0.25, -0.2) is 0 Å². The fourth-order valence-corrected chi connectivity index (χ4v) is 1.78. The van der Waals surface area contributed by atoms with Crippen LogP contribution in [0.2, 0.25) is 0 Å². The quantitative estimate of drug-likeness (QED) is 0.755. The van der Waals surface area contributed by atoms with Gasteiger partial charge in [-0.15, -0.1) is 0 Å². The molecular weight excluding hydrogens is 212 g/mol. The van der Waals surface area contributed by atoms with Gasteiger partial charge in [-0.05, 0) is 36.6 Å². The van der Waals surface area contributed by atoms with Gasteiger partial charge in [0.1, 0.15) is 5.69 Å². The van der Waals surface area contributed by atoms with Crippen LogP contribution in [0.1, 0.15) is 27.2 Å². The van der Waals surface area contributed by atoms with Gasteiger partial charge in [0, 0.05) is 25.0 Å². The third-order valence-electron chi connectivity index (χ3n) is 2.57. The summed E-state index contributed by atoms with van der Waals surface area (Å²) in [5, 5.41) is 0. The van der Waals surface area contributed by atoms with Crippen LogP contribution in [0.3, 0.4) is 0 Å². The van der Waals surface area contributed by atoms with E-state index in [1.165, 1.54) is 0 Å². The van der Waals surface area contributed by atoms with Crippen LogP contribution in [0.4, 0.5) is 0 Å². The average Bonchev–Trinajstić information content (AvgIpc) is 2.30. The summed E-state index contributed by atoms with van der Waals surface area (Å²) >= 11 is 0. The fourth-order valence-electron chi connectivity index (χ4n) is 1.78. The number of ketones is 1. The Morgan fingerprint density at radius 2 is 2.12 bits per heavy atom. The molecule has 0 bridgehead atoms. The topological polar surface area (TPSA) is 42.9 Å². The zero-order chi connectivity index (χ0) is 12.3. The van der Waals surface area contributed by atoms with Gasteiger partial charge in [0.15, 0.2) is 5.78 Å². The lowest BCUT2D eigenvalue weighted by molar-refractivity contribution is 0.0987. The van der Waals surface area contributed by atoms with Gasteiger partial charge in [0.2, 0.25) is 0 Å². The molecule has 2 heterocycles. The summed E-state index contributed by atoms with van der Waals surface area (Å²) < 4.78 is 0. The molecule has 0 spiro atoms. The van der Waals surface area contributed by atoms with E-state index in [0.29, 0.717) is 12.1 Å². The van der Waals surface area contributed by atoms with Crippen molar-refractivity contribution in [2.75, 3.05) is 0 Å². The third-order valence-corrected chi connectivity index (χ3v) is 2.57. The average molecular weight is 226 g/mol. The second-order valence-electron chi connectivity index (χ2n) is 4.14. The Kier molecular flexibility index (Phi) is 3.28. The summed E-state index contributed by atoms with van der Waals surface area (Å²) in [4.78, 5) is 20.3. The van der Waals surface area contributed by atoms with Gasteiger partial charge < -0.3 is 0 Å². The first-order valence-electron chi connectivity index (χ1n) is 5.52. The molecule has 0 aromatic carbocycles. The molecule has 3 heteroatoms. The molecule has 0 fully saturated rings. The van der Waals surface area contributed by atoms with E-state index in [1.54, 1.807) is 18.6 Å². The van der Waals surface area contributed by atoms with E-state index in [-0.39, 0.29) is 5.78 Å². The molecule has 0 radical (unpaired) electrons. The van der Waals surface area contributed by atoms with Crippen LogP contribution in [0.5, 0.6) is 0 Å². The van der Waals surface area contributed by atoms with Gasteiger partial charge in [-0.1, -0.05) is 12.1 Å². The highest BCUT2D eigenvalue weighted by Gasteiger charge is 2.11. The van der Waals surface area contributed by atoms with Crippen LogP contribution in [0.15, 0.2) is 36.8 Å². The summed E-state index contributed by atoms with van der Waals surface area (Å²) in [6, 6.07) is 5.70. The monoisotopic (exact) mass is 226 g/mol. The Labute approximate surface area is 101 Å². The molecule has 0 amide bonds. The molecule has 0 aliphatic heterocycles. The molecule has 2 aromatic heterocycles. The highest BCUT2D eigenvalue weighted by molar-refractivity contribution is 5.96. The summed E-state index contributed by atoms with van der Waals surface area (Å²) in [5.41, 5.74) is 3.47. The number of Topliss-reactive ketones (excluding diaryl/α,β-unsaturated/α-hetero) is 1. The maximum Gasteiger partial charge on any atom is 0.185 e. The molecule has 0 N–H and O–H groups in total. The Morgan fingerprint density at radius 1 is 1.29 bits per heavy atom. The SMILES string of the molecule is Cc1cnc(C(=O)Cc2cccnc2)c(C)c1. The molecule has 2 rings (SSSR count). The zero-order valence-electron chi connectivity index (χ0n) is 9.97. The smallest absolute Gasteiger partial charge is 0.185 e. The molecule has 86 valence electrons. The van der Waals surface area contributed by atoms with E-state index >= 15 is 0 Å². The van der Waals surface area contributed by atoms with Crippen LogP contribution < -0.4 is 0 Å². The molecule has 0 saturated carbocycles. The first kappa shape index (κ1) is 11.5. The van der Waals surface area contributed by atoms with E-state index < -0.39 is 0 Å². The van der Waals surface area contributed by atoms with Gasteiger partial charge in [0.25, 0.3) is 0 Å². The molecule has 0 saturated heterocycles. The lowest BCUT2D eigenvalue weighted by Crippen LogP contribution is -2.08. The van der Waals surface area contributed by atoms with E-state index in [9.17, 15) is 4.79 Å². The number of aryl methyl sites for hydroxylation is 2. The first-order chi connectivity index (χ1) is 8.16. The number of hydrogen-bond donors (Lipinski definition) is 0. The Morgan fingerprint density at radius 3 is 2.76 bits per heavy atom. The van der Waals surface area contributed by atoms with E-state index in [1.807, 2.05) is 32.0 Å². The summed E-state index contributed by atoms with van der Waals surface area (Å²) in [6.45, 7) is 3.88. The van der Waals surface area contributed by atoms with Crippen molar-refractivity contribution in [2.24, 2.45) is 0 Å². The first-order valence-corrected chi connectivity index (χ1v) is 5.52. The molecule has 0 unspecified atom stereocenters. The zero-order valence-corrected chi connectivity index (χ0v) is 9.97. The van der Waals surface area contributed by atoms with Crippen molar-refractivity contribution >= 4 is 5.78 Å². The predicted octanol–water partition coefficient (Wildman–Crippen LogP) is 2.52. The lowest BCUT2D eigenvalue weighted by atomic mass is 10.0. The molecule has 0 atom stereocenters. The number of carbonyl (C=O) groups excluding carboxylic acids is 1. The van der Waals surface area contributed by atoms with Crippen molar-refractivity contribution in [3.05, 3.63) is 59.2 Å². The maximum atomic E-state index is 12.1. The van der Waals surface area contributed by atoms with Gasteiger partial charge in [0.05, 0.1) is 0 Å². The van der Waals surface area contributed by atoms with Gasteiger partial charge in [-0.3, -0.25) is 14.8 Å². The second kappa shape index (κ2) is 4.87. The Bertz CT molecular complexity index is 535. The van der Waals surface area contributed by atoms with Gasteiger partial charge in [-0.2, -0.15) is 0 Å². The Hall–Kier alpha value is -2.03. The maximum absolute atomic E-state index is 12.1. The van der Waals surface area contributed by atoms with Crippen molar-refractivity contribution in [2.45, 2.75) is 20.3 Å². The van der Waals surface area contributed by atoms with Crippen molar-refractivity contribution in [1.82, 2.24) is 9.97 Å². The molecule has 17 heavy (non-hydrogen) atoms. The fraction of sp³-hybridized carbons (Fsp3) is 0.214. The Balaban J connectivity index is 2.21. The third kappa shape index (κ3) is 2.75. The van der Waals surface area contributed by atoms with Crippen LogP contribution in [-0.4, -0.2) is 15.8 Å². The van der Waals surface area contributed by atoms with Crippen LogP contribution in [-0.2, 0) is 6.42 Å². The van der Waals surface area contributed by atoms with E-state index in [4.69, 9.17) is 0 Å². The number of rotatable bonds is 3. The highest BCUT2D eigenvalue weighted by Crippen LogP contribution is 2.10. The number of nitrogens with zero attached hydrogens (tertiary/aromatic N) is 2. The van der Waals surface area contributed by atoms with Crippen molar-refractivity contribution in [3.63, 3.8) is 0 Å².